The third kappa shape index (κ3) is 15.3. The van der Waals surface area contributed by atoms with Crippen molar-refractivity contribution >= 4 is 23.9 Å². The second-order valence-electron chi connectivity index (χ2n) is 4.38. The standard InChI is InChI=1S/C7H8O4.2C4H6O2/c1-5-4-10-6(8)2-3-7(9)11-5;2*1-3(2)4(5)6/h2-3,5H,4H2,1H3;2*1H2,2H3,(H,5,6). The zero-order valence-corrected chi connectivity index (χ0v) is 13.2. The monoisotopic (exact) mass is 328 g/mol. The van der Waals surface area contributed by atoms with E-state index in [2.05, 4.69) is 17.9 Å². The number of hydrogen-bond acceptors (Lipinski definition) is 6. The average Bonchev–Trinajstić information content (AvgIpc) is 2.42. The number of carboxylic acid groups (broad SMARTS) is 2. The molecule has 0 bridgehead atoms. The minimum Gasteiger partial charge on any atom is -0.478 e. The zero-order chi connectivity index (χ0) is 18.6. The topological polar surface area (TPSA) is 127 Å². The Balaban J connectivity index is 0. The fourth-order valence-electron chi connectivity index (χ4n) is 0.655. The van der Waals surface area contributed by atoms with Crippen molar-refractivity contribution in [3.05, 3.63) is 36.5 Å². The van der Waals surface area contributed by atoms with E-state index in [0.29, 0.717) is 0 Å². The number of hydrogen-bond donors (Lipinski definition) is 2. The molecule has 0 radical (unpaired) electrons. The molecule has 0 fully saturated rings. The van der Waals surface area contributed by atoms with Crippen LogP contribution in [-0.2, 0) is 28.7 Å². The van der Waals surface area contributed by atoms with Crippen LogP contribution in [0.5, 0.6) is 0 Å². The fraction of sp³-hybridized carbons (Fsp3) is 0.333. The van der Waals surface area contributed by atoms with Crippen molar-refractivity contribution in [2.24, 2.45) is 0 Å². The van der Waals surface area contributed by atoms with Crippen LogP contribution in [0.1, 0.15) is 20.8 Å². The van der Waals surface area contributed by atoms with Gasteiger partial charge in [-0.15, -0.1) is 0 Å². The Morgan fingerprint density at radius 2 is 1.39 bits per heavy atom. The quantitative estimate of drug-likeness (QED) is 0.574. The lowest BCUT2D eigenvalue weighted by Gasteiger charge is -2.13. The SMILES string of the molecule is C=C(C)C(=O)O.C=C(C)C(=O)O.CC1COC(=O)C=CC(=O)O1. The molecular weight excluding hydrogens is 308 g/mol. The first-order chi connectivity index (χ1) is 10.5. The second-order valence-corrected chi connectivity index (χ2v) is 4.38. The minimum atomic E-state index is -0.935. The molecule has 0 spiro atoms. The molecule has 128 valence electrons. The third-order valence-corrected chi connectivity index (χ3v) is 1.86. The van der Waals surface area contributed by atoms with Gasteiger partial charge in [-0.3, -0.25) is 0 Å². The lowest BCUT2D eigenvalue weighted by atomic mass is 10.4. The highest BCUT2D eigenvalue weighted by atomic mass is 16.6. The van der Waals surface area contributed by atoms with Crippen molar-refractivity contribution in [2.45, 2.75) is 26.9 Å². The van der Waals surface area contributed by atoms with Crippen LogP contribution in [0.3, 0.4) is 0 Å². The van der Waals surface area contributed by atoms with Gasteiger partial charge in [-0.2, -0.15) is 0 Å². The van der Waals surface area contributed by atoms with Gasteiger partial charge in [0.05, 0.1) is 0 Å². The summed E-state index contributed by atoms with van der Waals surface area (Å²) in [6, 6.07) is 0. The summed E-state index contributed by atoms with van der Waals surface area (Å²) in [5, 5.41) is 15.8. The van der Waals surface area contributed by atoms with E-state index in [-0.39, 0.29) is 23.9 Å². The highest BCUT2D eigenvalue weighted by Gasteiger charge is 2.12. The summed E-state index contributed by atoms with van der Waals surface area (Å²) in [4.78, 5) is 40.5. The minimum absolute atomic E-state index is 0.120. The van der Waals surface area contributed by atoms with Crippen LogP contribution < -0.4 is 0 Å². The number of carbonyl (C=O) groups is 4. The third-order valence-electron chi connectivity index (χ3n) is 1.86. The van der Waals surface area contributed by atoms with Gasteiger partial charge in [0.15, 0.2) is 0 Å². The Labute approximate surface area is 133 Å². The summed E-state index contributed by atoms with van der Waals surface area (Å²) in [7, 11) is 0. The summed E-state index contributed by atoms with van der Waals surface area (Å²) >= 11 is 0. The predicted octanol–water partition coefficient (Wildman–Crippen LogP) is 1.33. The number of aliphatic carboxylic acids is 2. The largest absolute Gasteiger partial charge is 0.478 e. The van der Waals surface area contributed by atoms with Crippen molar-refractivity contribution in [3.63, 3.8) is 0 Å². The van der Waals surface area contributed by atoms with Crippen molar-refractivity contribution in [3.8, 4) is 0 Å². The molecule has 8 heteroatoms. The maximum atomic E-state index is 10.7. The molecule has 1 aliphatic heterocycles. The molecule has 0 saturated carbocycles. The summed E-state index contributed by atoms with van der Waals surface area (Å²) in [5.41, 5.74) is 0.352. The summed E-state index contributed by atoms with van der Waals surface area (Å²) in [5.74, 6) is -2.88. The Kier molecular flexibility index (Phi) is 11.4. The maximum absolute atomic E-state index is 10.7. The van der Waals surface area contributed by atoms with Crippen LogP contribution in [0.15, 0.2) is 36.5 Å². The summed E-state index contributed by atoms with van der Waals surface area (Å²) in [6.45, 7) is 11.0. The summed E-state index contributed by atoms with van der Waals surface area (Å²) in [6.07, 6.45) is 1.74. The Morgan fingerprint density at radius 3 is 1.74 bits per heavy atom. The molecule has 0 aliphatic carbocycles. The Morgan fingerprint density at radius 1 is 1.04 bits per heavy atom. The number of esters is 2. The highest BCUT2D eigenvalue weighted by Crippen LogP contribution is 1.98. The number of rotatable bonds is 2. The van der Waals surface area contributed by atoms with Crippen LogP contribution in [0.2, 0.25) is 0 Å². The van der Waals surface area contributed by atoms with E-state index in [1.54, 1.807) is 6.92 Å². The first-order valence-corrected chi connectivity index (χ1v) is 6.30. The zero-order valence-electron chi connectivity index (χ0n) is 13.2. The molecule has 1 heterocycles. The molecule has 2 N–H and O–H groups in total. The molecule has 0 aromatic rings. The number of cyclic esters (lactones) is 2. The van der Waals surface area contributed by atoms with Gasteiger partial charge < -0.3 is 19.7 Å². The fourth-order valence-corrected chi connectivity index (χ4v) is 0.655. The molecule has 0 aromatic carbocycles. The second kappa shape index (κ2) is 11.7. The van der Waals surface area contributed by atoms with Crippen molar-refractivity contribution in [1.29, 1.82) is 0 Å². The molecule has 8 nitrogen and oxygen atoms in total. The van der Waals surface area contributed by atoms with Gasteiger partial charge in [-0.05, 0) is 20.8 Å². The van der Waals surface area contributed by atoms with Crippen LogP contribution in [0.25, 0.3) is 0 Å². The lowest BCUT2D eigenvalue weighted by molar-refractivity contribution is -0.153. The van der Waals surface area contributed by atoms with Crippen LogP contribution in [0, 0.1) is 0 Å². The van der Waals surface area contributed by atoms with Crippen LogP contribution in [-0.4, -0.2) is 46.8 Å². The van der Waals surface area contributed by atoms with Crippen molar-refractivity contribution in [2.75, 3.05) is 6.61 Å². The normalized spacial score (nSPS) is 15.9. The number of carbonyl (C=O) groups excluding carboxylic acids is 2. The molecule has 1 aliphatic rings. The van der Waals surface area contributed by atoms with E-state index >= 15 is 0 Å². The van der Waals surface area contributed by atoms with E-state index in [1.807, 2.05) is 0 Å². The molecule has 23 heavy (non-hydrogen) atoms. The van der Waals surface area contributed by atoms with Gasteiger partial charge in [0, 0.05) is 23.3 Å². The van der Waals surface area contributed by atoms with Gasteiger partial charge >= 0.3 is 23.9 Å². The smallest absolute Gasteiger partial charge is 0.331 e. The first kappa shape index (κ1) is 22.4. The maximum Gasteiger partial charge on any atom is 0.331 e. The van der Waals surface area contributed by atoms with Crippen molar-refractivity contribution in [1.82, 2.24) is 0 Å². The first-order valence-electron chi connectivity index (χ1n) is 6.30. The predicted molar refractivity (Wildman–Crippen MR) is 80.6 cm³/mol. The average molecular weight is 328 g/mol. The molecule has 1 atom stereocenters. The molecule has 0 amide bonds. The number of ether oxygens (including phenoxy) is 2. The molecule has 1 unspecified atom stereocenters. The van der Waals surface area contributed by atoms with Crippen LogP contribution in [0.4, 0.5) is 0 Å². The van der Waals surface area contributed by atoms with E-state index in [1.165, 1.54) is 13.8 Å². The summed E-state index contributed by atoms with van der Waals surface area (Å²) < 4.78 is 9.38. The highest BCUT2D eigenvalue weighted by molar-refractivity contribution is 5.92. The van der Waals surface area contributed by atoms with E-state index in [9.17, 15) is 19.2 Å². The molecule has 1 rings (SSSR count). The van der Waals surface area contributed by atoms with Gasteiger partial charge in [-0.25, -0.2) is 19.2 Å². The van der Waals surface area contributed by atoms with Crippen molar-refractivity contribution < 1.29 is 38.9 Å². The van der Waals surface area contributed by atoms with E-state index < -0.39 is 23.9 Å². The molecular formula is C15H20O8. The van der Waals surface area contributed by atoms with Crippen LogP contribution >= 0.6 is 0 Å². The Bertz CT molecular complexity index is 468. The number of carboxylic acids is 2. The Hall–Kier alpha value is -2.90. The van der Waals surface area contributed by atoms with E-state index in [0.717, 1.165) is 12.2 Å². The molecule has 0 aromatic heterocycles. The van der Waals surface area contributed by atoms with Gasteiger partial charge in [-0.1, -0.05) is 13.2 Å². The lowest BCUT2D eigenvalue weighted by Crippen LogP contribution is -2.23. The molecule has 0 saturated heterocycles. The van der Waals surface area contributed by atoms with Gasteiger partial charge in [0.2, 0.25) is 0 Å². The van der Waals surface area contributed by atoms with Gasteiger partial charge in [0.1, 0.15) is 12.7 Å². The van der Waals surface area contributed by atoms with Gasteiger partial charge in [0.25, 0.3) is 0 Å². The van der Waals surface area contributed by atoms with E-state index in [4.69, 9.17) is 14.9 Å².